The number of ether oxygens (including phenoxy) is 1. The highest BCUT2D eigenvalue weighted by molar-refractivity contribution is 5.48. The Balaban J connectivity index is 2.27. The normalized spacial score (nSPS) is 10.1. The minimum absolute atomic E-state index is 0.321. The Bertz CT molecular complexity index is 491. The summed E-state index contributed by atoms with van der Waals surface area (Å²) < 4.78 is 18.4. The molecule has 16 heavy (non-hydrogen) atoms. The summed E-state index contributed by atoms with van der Waals surface area (Å²) in [6.45, 7) is 1.93. The lowest BCUT2D eigenvalue weighted by Gasteiger charge is -2.07. The summed E-state index contributed by atoms with van der Waals surface area (Å²) in [6.07, 6.45) is 0. The van der Waals surface area contributed by atoms with E-state index >= 15 is 0 Å². The fourth-order valence-corrected chi connectivity index (χ4v) is 1.50. The first-order chi connectivity index (χ1) is 7.63. The van der Waals surface area contributed by atoms with E-state index in [-0.39, 0.29) is 5.82 Å². The van der Waals surface area contributed by atoms with Gasteiger partial charge in [0.05, 0.1) is 0 Å². The third kappa shape index (κ3) is 2.51. The average molecular weight is 217 g/mol. The highest BCUT2D eigenvalue weighted by Gasteiger charge is 2.00. The van der Waals surface area contributed by atoms with E-state index in [4.69, 9.17) is 10.5 Å². The SMILES string of the molecule is Cc1cc(N)cc(Oc2cccc(F)c2)c1. The summed E-state index contributed by atoms with van der Waals surface area (Å²) in [5, 5.41) is 0. The van der Waals surface area contributed by atoms with Crippen LogP contribution in [-0.4, -0.2) is 0 Å². The monoisotopic (exact) mass is 217 g/mol. The Labute approximate surface area is 93.5 Å². The zero-order valence-corrected chi connectivity index (χ0v) is 8.91. The van der Waals surface area contributed by atoms with Crippen molar-refractivity contribution in [1.29, 1.82) is 0 Å². The molecule has 0 aliphatic carbocycles. The third-order valence-corrected chi connectivity index (χ3v) is 2.10. The van der Waals surface area contributed by atoms with Gasteiger partial charge in [0, 0.05) is 17.8 Å². The smallest absolute Gasteiger partial charge is 0.130 e. The van der Waals surface area contributed by atoms with Gasteiger partial charge in [-0.05, 0) is 36.8 Å². The first-order valence-electron chi connectivity index (χ1n) is 4.94. The number of benzene rings is 2. The number of hydrogen-bond acceptors (Lipinski definition) is 2. The number of aryl methyl sites for hydroxylation is 1. The largest absolute Gasteiger partial charge is 0.457 e. The molecule has 0 unspecified atom stereocenters. The molecule has 2 rings (SSSR count). The molecule has 2 aromatic rings. The van der Waals surface area contributed by atoms with Crippen molar-refractivity contribution in [3.63, 3.8) is 0 Å². The minimum atomic E-state index is -0.321. The number of nitrogen functional groups attached to an aromatic ring is 1. The molecule has 0 radical (unpaired) electrons. The van der Waals surface area contributed by atoms with E-state index < -0.39 is 0 Å². The number of halogens is 1. The highest BCUT2D eigenvalue weighted by Crippen LogP contribution is 2.25. The van der Waals surface area contributed by atoms with Crippen LogP contribution in [0.25, 0.3) is 0 Å². The van der Waals surface area contributed by atoms with Gasteiger partial charge in [0.2, 0.25) is 0 Å². The Morgan fingerprint density at radius 1 is 1.06 bits per heavy atom. The van der Waals surface area contributed by atoms with Crippen LogP contribution in [0.4, 0.5) is 10.1 Å². The molecule has 0 fully saturated rings. The molecule has 0 saturated carbocycles. The summed E-state index contributed by atoms with van der Waals surface area (Å²) in [7, 11) is 0. The van der Waals surface area contributed by atoms with Crippen molar-refractivity contribution in [2.45, 2.75) is 6.92 Å². The zero-order chi connectivity index (χ0) is 11.5. The van der Waals surface area contributed by atoms with Crippen LogP contribution < -0.4 is 10.5 Å². The molecule has 0 aliphatic heterocycles. The highest BCUT2D eigenvalue weighted by atomic mass is 19.1. The van der Waals surface area contributed by atoms with Crippen molar-refractivity contribution < 1.29 is 9.13 Å². The van der Waals surface area contributed by atoms with Crippen LogP contribution in [0.1, 0.15) is 5.56 Å². The molecule has 2 aromatic carbocycles. The molecule has 0 amide bonds. The Morgan fingerprint density at radius 2 is 1.88 bits per heavy atom. The number of rotatable bonds is 2. The fourth-order valence-electron chi connectivity index (χ4n) is 1.50. The fraction of sp³-hybridized carbons (Fsp3) is 0.0769. The lowest BCUT2D eigenvalue weighted by atomic mass is 10.2. The number of nitrogens with two attached hydrogens (primary N) is 1. The second-order valence-corrected chi connectivity index (χ2v) is 3.64. The second kappa shape index (κ2) is 4.23. The summed E-state index contributed by atoms with van der Waals surface area (Å²) in [5.74, 6) is 0.756. The van der Waals surface area contributed by atoms with Crippen LogP contribution >= 0.6 is 0 Å². The van der Waals surface area contributed by atoms with E-state index in [0.29, 0.717) is 17.2 Å². The van der Waals surface area contributed by atoms with Crippen LogP contribution in [0.15, 0.2) is 42.5 Å². The van der Waals surface area contributed by atoms with E-state index in [1.165, 1.54) is 12.1 Å². The topological polar surface area (TPSA) is 35.2 Å². The van der Waals surface area contributed by atoms with Gasteiger partial charge in [-0.15, -0.1) is 0 Å². The van der Waals surface area contributed by atoms with Crippen molar-refractivity contribution in [2.75, 3.05) is 5.73 Å². The van der Waals surface area contributed by atoms with E-state index in [1.807, 2.05) is 19.1 Å². The van der Waals surface area contributed by atoms with Crippen LogP contribution in [0.5, 0.6) is 11.5 Å². The van der Waals surface area contributed by atoms with Crippen LogP contribution in [-0.2, 0) is 0 Å². The Kier molecular flexibility index (Phi) is 2.77. The van der Waals surface area contributed by atoms with Crippen molar-refractivity contribution in [3.8, 4) is 11.5 Å². The molecule has 0 aliphatic rings. The molecule has 0 spiro atoms. The Morgan fingerprint density at radius 3 is 2.56 bits per heavy atom. The van der Waals surface area contributed by atoms with E-state index in [0.717, 1.165) is 5.56 Å². The van der Waals surface area contributed by atoms with Gasteiger partial charge in [0.15, 0.2) is 0 Å². The predicted molar refractivity (Wildman–Crippen MR) is 62.1 cm³/mol. The lowest BCUT2D eigenvalue weighted by Crippen LogP contribution is -1.90. The molecule has 0 aromatic heterocycles. The molecule has 0 atom stereocenters. The summed E-state index contributed by atoms with van der Waals surface area (Å²) >= 11 is 0. The molecule has 0 bridgehead atoms. The van der Waals surface area contributed by atoms with Gasteiger partial charge in [-0.2, -0.15) is 0 Å². The van der Waals surface area contributed by atoms with E-state index in [2.05, 4.69) is 0 Å². The molecule has 2 N–H and O–H groups in total. The molecule has 2 nitrogen and oxygen atoms in total. The maximum absolute atomic E-state index is 12.9. The molecular weight excluding hydrogens is 205 g/mol. The van der Waals surface area contributed by atoms with Crippen LogP contribution in [0, 0.1) is 12.7 Å². The molecule has 0 heterocycles. The first-order valence-corrected chi connectivity index (χ1v) is 4.94. The third-order valence-electron chi connectivity index (χ3n) is 2.10. The standard InChI is InChI=1S/C13H12FNO/c1-9-5-11(15)8-13(6-9)16-12-4-2-3-10(14)7-12/h2-8H,15H2,1H3. The average Bonchev–Trinajstić information content (AvgIpc) is 2.15. The number of anilines is 1. The number of hydrogen-bond donors (Lipinski definition) is 1. The van der Waals surface area contributed by atoms with E-state index in [9.17, 15) is 4.39 Å². The summed E-state index contributed by atoms with van der Waals surface area (Å²) in [6, 6.07) is 11.4. The van der Waals surface area contributed by atoms with Gasteiger partial charge >= 0.3 is 0 Å². The molecule has 3 heteroatoms. The molecule has 0 saturated heterocycles. The van der Waals surface area contributed by atoms with Gasteiger partial charge in [-0.25, -0.2) is 4.39 Å². The quantitative estimate of drug-likeness (QED) is 0.781. The molecule has 82 valence electrons. The Hall–Kier alpha value is -2.03. The summed E-state index contributed by atoms with van der Waals surface area (Å²) in [5.41, 5.74) is 7.33. The predicted octanol–water partition coefficient (Wildman–Crippen LogP) is 3.51. The van der Waals surface area contributed by atoms with Gasteiger partial charge in [0.25, 0.3) is 0 Å². The lowest BCUT2D eigenvalue weighted by molar-refractivity contribution is 0.476. The van der Waals surface area contributed by atoms with Crippen LogP contribution in [0.2, 0.25) is 0 Å². The van der Waals surface area contributed by atoms with Gasteiger partial charge in [-0.3, -0.25) is 0 Å². The summed E-state index contributed by atoms with van der Waals surface area (Å²) in [4.78, 5) is 0. The van der Waals surface area contributed by atoms with E-state index in [1.54, 1.807) is 18.2 Å². The first kappa shape index (κ1) is 10.5. The van der Waals surface area contributed by atoms with Gasteiger partial charge in [-0.1, -0.05) is 6.07 Å². The maximum atomic E-state index is 12.9. The van der Waals surface area contributed by atoms with Crippen molar-refractivity contribution in [3.05, 3.63) is 53.8 Å². The van der Waals surface area contributed by atoms with Gasteiger partial charge in [0.1, 0.15) is 17.3 Å². The minimum Gasteiger partial charge on any atom is -0.457 e. The molecular formula is C13H12FNO. The second-order valence-electron chi connectivity index (χ2n) is 3.64. The van der Waals surface area contributed by atoms with Crippen molar-refractivity contribution in [1.82, 2.24) is 0 Å². The van der Waals surface area contributed by atoms with Crippen molar-refractivity contribution in [2.24, 2.45) is 0 Å². The van der Waals surface area contributed by atoms with Crippen molar-refractivity contribution >= 4 is 5.69 Å². The maximum Gasteiger partial charge on any atom is 0.130 e. The van der Waals surface area contributed by atoms with Crippen LogP contribution in [0.3, 0.4) is 0 Å². The van der Waals surface area contributed by atoms with Gasteiger partial charge < -0.3 is 10.5 Å². The zero-order valence-electron chi connectivity index (χ0n) is 8.91.